The molecule has 1 aromatic heterocycles. The van der Waals surface area contributed by atoms with Crippen LogP contribution >= 0.6 is 11.6 Å². The van der Waals surface area contributed by atoms with E-state index in [1.807, 2.05) is 0 Å². The van der Waals surface area contributed by atoms with Gasteiger partial charge in [-0.1, -0.05) is 11.6 Å². The largest absolute Gasteiger partial charge is 0.443 e. The molecule has 28 heavy (non-hydrogen) atoms. The van der Waals surface area contributed by atoms with Crippen LogP contribution in [0.25, 0.3) is 0 Å². The number of aromatic nitrogens is 2. The normalized spacial score (nSPS) is 11.2. The van der Waals surface area contributed by atoms with E-state index in [2.05, 4.69) is 15.6 Å². The van der Waals surface area contributed by atoms with Crippen LogP contribution in [0.3, 0.4) is 0 Å². The number of amides is 2. The maximum atomic E-state index is 13.1. The van der Waals surface area contributed by atoms with Gasteiger partial charge >= 0.3 is 12.1 Å². The van der Waals surface area contributed by atoms with Gasteiger partial charge in [0.05, 0.1) is 10.7 Å². The number of benzene rings is 1. The lowest BCUT2D eigenvalue weighted by Crippen LogP contribution is -2.29. The van der Waals surface area contributed by atoms with E-state index < -0.39 is 23.5 Å². The van der Waals surface area contributed by atoms with Gasteiger partial charge in [-0.2, -0.15) is 0 Å². The summed E-state index contributed by atoms with van der Waals surface area (Å²) in [5.41, 5.74) is 6.11. The van der Waals surface area contributed by atoms with E-state index in [0.717, 1.165) is 4.57 Å². The molecule has 0 atom stereocenters. The second kappa shape index (κ2) is 8.92. The number of hydrogen-bond acceptors (Lipinski definition) is 5. The summed E-state index contributed by atoms with van der Waals surface area (Å²) in [7, 11) is 0. The number of nitrogen functional groups attached to an aromatic ring is 1. The maximum absolute atomic E-state index is 13.1. The molecular weight excluding hydrogens is 389 g/mol. The summed E-state index contributed by atoms with van der Waals surface area (Å²) >= 11 is 5.67. The Hall–Kier alpha value is -2.81. The highest BCUT2D eigenvalue weighted by Gasteiger charge is 2.20. The van der Waals surface area contributed by atoms with Crippen molar-refractivity contribution in [1.29, 1.82) is 0 Å². The van der Waals surface area contributed by atoms with Gasteiger partial charge in [0.25, 0.3) is 0 Å². The summed E-state index contributed by atoms with van der Waals surface area (Å²) < 4.78 is 19.5. The molecule has 0 spiro atoms. The molecule has 0 aliphatic carbocycles. The highest BCUT2D eigenvalue weighted by atomic mass is 35.5. The van der Waals surface area contributed by atoms with Crippen LogP contribution in [0.2, 0.25) is 5.02 Å². The Morgan fingerprint density at radius 1 is 1.36 bits per heavy atom. The first-order valence-electron chi connectivity index (χ1n) is 8.62. The summed E-state index contributed by atoms with van der Waals surface area (Å²) in [6.07, 6.45) is 1.99. The van der Waals surface area contributed by atoms with Crippen molar-refractivity contribution in [2.24, 2.45) is 0 Å². The Labute approximate surface area is 167 Å². The van der Waals surface area contributed by atoms with Crippen LogP contribution in [0, 0.1) is 5.82 Å². The number of halogens is 2. The average Bonchev–Trinajstić information content (AvgIpc) is 2.94. The van der Waals surface area contributed by atoms with Gasteiger partial charge in [-0.05, 0) is 51.8 Å². The van der Waals surface area contributed by atoms with E-state index in [9.17, 15) is 14.0 Å². The van der Waals surface area contributed by atoms with Gasteiger partial charge in [-0.15, -0.1) is 0 Å². The summed E-state index contributed by atoms with van der Waals surface area (Å²) in [5.74, 6) is -0.513. The SMILES string of the molecule is CC(C)(C)OC(=O)n1cc(CCCNC(=O)Nc2ccc(F)c(Cl)c2)nc1N. The third-order valence-electron chi connectivity index (χ3n) is 3.45. The predicted molar refractivity (Wildman–Crippen MR) is 105 cm³/mol. The molecule has 2 aromatic rings. The highest BCUT2D eigenvalue weighted by Crippen LogP contribution is 2.19. The van der Waals surface area contributed by atoms with Crippen LogP contribution in [0.5, 0.6) is 0 Å². The van der Waals surface area contributed by atoms with E-state index in [1.165, 1.54) is 24.4 Å². The number of aryl methyl sites for hydroxylation is 1. The summed E-state index contributed by atoms with van der Waals surface area (Å²) in [5, 5.41) is 5.15. The summed E-state index contributed by atoms with van der Waals surface area (Å²) in [6, 6.07) is 3.46. The first-order valence-corrected chi connectivity index (χ1v) is 9.00. The molecule has 0 saturated heterocycles. The number of nitrogens with one attached hydrogen (secondary N) is 2. The first kappa shape index (κ1) is 21.5. The van der Waals surface area contributed by atoms with Crippen LogP contribution in [0.4, 0.5) is 25.6 Å². The second-order valence-electron chi connectivity index (χ2n) is 7.05. The maximum Gasteiger partial charge on any atom is 0.421 e. The van der Waals surface area contributed by atoms with E-state index in [-0.39, 0.29) is 11.0 Å². The van der Waals surface area contributed by atoms with Crippen molar-refractivity contribution in [2.75, 3.05) is 17.6 Å². The number of imidazole rings is 1. The molecule has 0 radical (unpaired) electrons. The van der Waals surface area contributed by atoms with Crippen molar-refractivity contribution >= 4 is 35.4 Å². The lowest BCUT2D eigenvalue weighted by molar-refractivity contribution is 0.0540. The summed E-state index contributed by atoms with van der Waals surface area (Å²) in [4.78, 5) is 28.0. The van der Waals surface area contributed by atoms with Crippen molar-refractivity contribution in [2.45, 2.75) is 39.2 Å². The lowest BCUT2D eigenvalue weighted by atomic mass is 10.2. The van der Waals surface area contributed by atoms with E-state index >= 15 is 0 Å². The number of ether oxygens (including phenoxy) is 1. The Morgan fingerprint density at radius 3 is 2.71 bits per heavy atom. The molecule has 0 aliphatic rings. The highest BCUT2D eigenvalue weighted by molar-refractivity contribution is 6.31. The second-order valence-corrected chi connectivity index (χ2v) is 7.46. The minimum absolute atomic E-state index is 0.0446. The van der Waals surface area contributed by atoms with Crippen LogP contribution in [-0.2, 0) is 11.2 Å². The molecular formula is C18H23ClFN5O3. The van der Waals surface area contributed by atoms with Crippen molar-refractivity contribution in [3.63, 3.8) is 0 Å². The van der Waals surface area contributed by atoms with Crippen molar-refractivity contribution < 1.29 is 18.7 Å². The van der Waals surface area contributed by atoms with Crippen LogP contribution in [-0.4, -0.2) is 33.8 Å². The molecule has 152 valence electrons. The monoisotopic (exact) mass is 411 g/mol. The van der Waals surface area contributed by atoms with Gasteiger partial charge in [0.1, 0.15) is 11.4 Å². The van der Waals surface area contributed by atoms with Gasteiger partial charge < -0.3 is 21.1 Å². The predicted octanol–water partition coefficient (Wildman–Crippen LogP) is 3.80. The van der Waals surface area contributed by atoms with Crippen LogP contribution in [0.15, 0.2) is 24.4 Å². The van der Waals surface area contributed by atoms with Gasteiger partial charge in [0, 0.05) is 18.4 Å². The van der Waals surface area contributed by atoms with Gasteiger partial charge in [0.15, 0.2) is 0 Å². The van der Waals surface area contributed by atoms with Crippen LogP contribution in [0.1, 0.15) is 32.9 Å². The number of carbonyl (C=O) groups is 2. The molecule has 10 heteroatoms. The topological polar surface area (TPSA) is 111 Å². The number of anilines is 2. The number of hydrogen-bond donors (Lipinski definition) is 3. The molecule has 1 aromatic carbocycles. The van der Waals surface area contributed by atoms with Crippen LogP contribution < -0.4 is 16.4 Å². The molecule has 0 bridgehead atoms. The minimum Gasteiger partial charge on any atom is -0.443 e. The van der Waals surface area contributed by atoms with E-state index in [1.54, 1.807) is 20.8 Å². The Kier molecular flexibility index (Phi) is 6.85. The lowest BCUT2D eigenvalue weighted by Gasteiger charge is -2.19. The molecule has 8 nitrogen and oxygen atoms in total. The number of nitrogens with two attached hydrogens (primary N) is 1. The van der Waals surface area contributed by atoms with Crippen molar-refractivity contribution in [3.05, 3.63) is 40.9 Å². The smallest absolute Gasteiger partial charge is 0.421 e. The zero-order valence-electron chi connectivity index (χ0n) is 15.9. The molecule has 0 aliphatic heterocycles. The quantitative estimate of drug-likeness (QED) is 0.648. The molecule has 4 N–H and O–H groups in total. The van der Waals surface area contributed by atoms with Gasteiger partial charge in [-0.3, -0.25) is 0 Å². The molecule has 0 fully saturated rings. The molecule has 0 unspecified atom stereocenters. The average molecular weight is 412 g/mol. The minimum atomic E-state index is -0.639. The fraction of sp³-hybridized carbons (Fsp3) is 0.389. The van der Waals surface area contributed by atoms with E-state index in [0.29, 0.717) is 30.8 Å². The van der Waals surface area contributed by atoms with Crippen molar-refractivity contribution in [3.8, 4) is 0 Å². The molecule has 2 amide bonds. The third kappa shape index (κ3) is 6.41. The Morgan fingerprint density at radius 2 is 2.07 bits per heavy atom. The number of carbonyl (C=O) groups excluding carboxylic acids is 2. The van der Waals surface area contributed by atoms with E-state index in [4.69, 9.17) is 22.1 Å². The van der Waals surface area contributed by atoms with Gasteiger partial charge in [-0.25, -0.2) is 23.5 Å². The first-order chi connectivity index (χ1) is 13.0. The van der Waals surface area contributed by atoms with Crippen molar-refractivity contribution in [1.82, 2.24) is 14.9 Å². The number of rotatable bonds is 5. The Balaban J connectivity index is 1.79. The molecule has 1 heterocycles. The summed E-state index contributed by atoms with van der Waals surface area (Å²) in [6.45, 7) is 5.64. The standard InChI is InChI=1S/C18H23ClFN5O3/c1-18(2,3)28-17(27)25-10-12(23-15(25)21)5-4-8-22-16(26)24-11-6-7-14(20)13(19)9-11/h6-7,9-10H,4-5,8H2,1-3H3,(H2,21,23)(H2,22,24,26). The number of nitrogens with zero attached hydrogens (tertiary/aromatic N) is 2. The third-order valence-corrected chi connectivity index (χ3v) is 3.74. The fourth-order valence-electron chi connectivity index (χ4n) is 2.24. The Bertz CT molecular complexity index is 863. The van der Waals surface area contributed by atoms with Gasteiger partial charge in [0.2, 0.25) is 5.95 Å². The zero-order chi connectivity index (χ0) is 20.9. The number of urea groups is 1. The molecule has 2 rings (SSSR count). The fourth-order valence-corrected chi connectivity index (χ4v) is 2.42. The zero-order valence-corrected chi connectivity index (χ0v) is 16.6. The molecule has 0 saturated carbocycles.